The third kappa shape index (κ3) is 3.88. The zero-order valence-corrected chi connectivity index (χ0v) is 14.7. The summed E-state index contributed by atoms with van der Waals surface area (Å²) >= 11 is 3.35. The Morgan fingerprint density at radius 1 is 1.08 bits per heavy atom. The van der Waals surface area contributed by atoms with E-state index in [1.807, 2.05) is 24.3 Å². The van der Waals surface area contributed by atoms with Crippen molar-refractivity contribution in [3.05, 3.63) is 58.6 Å². The molecule has 0 unspecified atom stereocenters. The van der Waals surface area contributed by atoms with E-state index in [1.54, 1.807) is 4.90 Å². The Morgan fingerprint density at radius 3 is 2.32 bits per heavy atom. The summed E-state index contributed by atoms with van der Waals surface area (Å²) in [6.07, 6.45) is 0.148. The van der Waals surface area contributed by atoms with E-state index < -0.39 is 11.9 Å². The number of rotatable bonds is 4. The molecule has 2 N–H and O–H groups in total. The Hall–Kier alpha value is -2.67. The smallest absolute Gasteiger partial charge is 0.335 e. The van der Waals surface area contributed by atoms with Gasteiger partial charge in [-0.1, -0.05) is 15.9 Å². The van der Waals surface area contributed by atoms with Gasteiger partial charge in [0.15, 0.2) is 0 Å². The highest BCUT2D eigenvalue weighted by molar-refractivity contribution is 9.10. The molecule has 1 aliphatic heterocycles. The Labute approximate surface area is 152 Å². The average Bonchev–Trinajstić information content (AvgIpc) is 2.98. The van der Waals surface area contributed by atoms with Crippen LogP contribution in [0.1, 0.15) is 16.8 Å². The standard InChI is InChI=1S/C18H15BrN2O4/c19-13-3-7-15(8-4-13)21-10-12(9-16(21)22)17(23)20-14-5-1-11(2-6-14)18(24)25/h1-8,12H,9-10H2,(H,20,23)(H,24,25)/t12-/m1/s1. The van der Waals surface area contributed by atoms with Gasteiger partial charge < -0.3 is 15.3 Å². The van der Waals surface area contributed by atoms with Crippen molar-refractivity contribution in [2.75, 3.05) is 16.8 Å². The molecule has 2 aromatic rings. The molecule has 0 radical (unpaired) electrons. The third-order valence-electron chi connectivity index (χ3n) is 4.03. The van der Waals surface area contributed by atoms with Crippen molar-refractivity contribution in [1.82, 2.24) is 0 Å². The van der Waals surface area contributed by atoms with Gasteiger partial charge in [0.2, 0.25) is 11.8 Å². The maximum atomic E-state index is 12.4. The molecule has 2 aromatic carbocycles. The SMILES string of the molecule is O=C(O)c1ccc(NC(=O)[C@@H]2CC(=O)N(c3ccc(Br)cc3)C2)cc1. The summed E-state index contributed by atoms with van der Waals surface area (Å²) in [5, 5.41) is 11.6. The van der Waals surface area contributed by atoms with Gasteiger partial charge in [0.25, 0.3) is 0 Å². The Kier molecular flexibility index (Phi) is 4.85. The molecule has 6 nitrogen and oxygen atoms in total. The zero-order valence-electron chi connectivity index (χ0n) is 13.1. The number of aromatic carboxylic acids is 1. The molecule has 2 amide bonds. The van der Waals surface area contributed by atoms with E-state index in [2.05, 4.69) is 21.2 Å². The molecule has 0 aromatic heterocycles. The number of carbonyl (C=O) groups excluding carboxylic acids is 2. The second-order valence-corrected chi connectivity index (χ2v) is 6.67. The van der Waals surface area contributed by atoms with Crippen LogP contribution >= 0.6 is 15.9 Å². The van der Waals surface area contributed by atoms with Crippen LogP contribution in [0.15, 0.2) is 53.0 Å². The number of nitrogens with one attached hydrogen (secondary N) is 1. The van der Waals surface area contributed by atoms with Gasteiger partial charge in [0.05, 0.1) is 11.5 Å². The Morgan fingerprint density at radius 2 is 1.72 bits per heavy atom. The van der Waals surface area contributed by atoms with Crippen LogP contribution in [-0.2, 0) is 9.59 Å². The van der Waals surface area contributed by atoms with Crippen LogP contribution in [0.5, 0.6) is 0 Å². The van der Waals surface area contributed by atoms with Crippen LogP contribution in [0, 0.1) is 5.92 Å². The van der Waals surface area contributed by atoms with Gasteiger partial charge in [-0.05, 0) is 48.5 Å². The number of nitrogens with zero attached hydrogens (tertiary/aromatic N) is 1. The lowest BCUT2D eigenvalue weighted by molar-refractivity contribution is -0.122. The van der Waals surface area contributed by atoms with Crippen molar-refractivity contribution >= 4 is 45.1 Å². The maximum absolute atomic E-state index is 12.4. The van der Waals surface area contributed by atoms with Crippen molar-refractivity contribution in [1.29, 1.82) is 0 Å². The lowest BCUT2D eigenvalue weighted by Crippen LogP contribution is -2.28. The van der Waals surface area contributed by atoms with Gasteiger partial charge in [-0.25, -0.2) is 4.79 Å². The van der Waals surface area contributed by atoms with Gasteiger partial charge in [-0.3, -0.25) is 9.59 Å². The molecule has 1 fully saturated rings. The van der Waals surface area contributed by atoms with Gasteiger partial charge in [0.1, 0.15) is 0 Å². The maximum Gasteiger partial charge on any atom is 0.335 e. The third-order valence-corrected chi connectivity index (χ3v) is 4.56. The number of amides is 2. The van der Waals surface area contributed by atoms with Crippen LogP contribution in [0.4, 0.5) is 11.4 Å². The van der Waals surface area contributed by atoms with Gasteiger partial charge in [0, 0.05) is 28.8 Å². The second-order valence-electron chi connectivity index (χ2n) is 5.75. The summed E-state index contributed by atoms with van der Waals surface area (Å²) in [5.41, 5.74) is 1.41. The van der Waals surface area contributed by atoms with E-state index in [1.165, 1.54) is 24.3 Å². The highest BCUT2D eigenvalue weighted by Gasteiger charge is 2.35. The minimum atomic E-state index is -1.02. The lowest BCUT2D eigenvalue weighted by atomic mass is 10.1. The molecule has 7 heteroatoms. The lowest BCUT2D eigenvalue weighted by Gasteiger charge is -2.16. The number of halogens is 1. The minimum Gasteiger partial charge on any atom is -0.478 e. The Bertz CT molecular complexity index is 818. The van der Waals surface area contributed by atoms with Crippen LogP contribution in [0.3, 0.4) is 0 Å². The molecule has 128 valence electrons. The number of anilines is 2. The normalized spacial score (nSPS) is 16.8. The van der Waals surface area contributed by atoms with E-state index >= 15 is 0 Å². The van der Waals surface area contributed by atoms with E-state index in [0.717, 1.165) is 10.2 Å². The fraction of sp³-hybridized carbons (Fsp3) is 0.167. The highest BCUT2D eigenvalue weighted by Crippen LogP contribution is 2.27. The van der Waals surface area contributed by atoms with E-state index in [-0.39, 0.29) is 23.8 Å². The van der Waals surface area contributed by atoms with Gasteiger partial charge in [-0.2, -0.15) is 0 Å². The molecule has 0 spiro atoms. The zero-order chi connectivity index (χ0) is 18.0. The number of benzene rings is 2. The van der Waals surface area contributed by atoms with Crippen LogP contribution in [0.2, 0.25) is 0 Å². The molecule has 1 aliphatic rings. The second kappa shape index (κ2) is 7.06. The molecule has 1 saturated heterocycles. The number of carbonyl (C=O) groups is 3. The van der Waals surface area contributed by atoms with E-state index in [0.29, 0.717) is 12.2 Å². The van der Waals surface area contributed by atoms with Crippen molar-refractivity contribution in [2.24, 2.45) is 5.92 Å². The number of carboxylic acid groups (broad SMARTS) is 1. The van der Waals surface area contributed by atoms with E-state index in [4.69, 9.17) is 5.11 Å². The summed E-state index contributed by atoms with van der Waals surface area (Å²) < 4.78 is 0.919. The first kappa shape index (κ1) is 17.2. The van der Waals surface area contributed by atoms with E-state index in [9.17, 15) is 14.4 Å². The predicted octanol–water partition coefficient (Wildman–Crippen LogP) is 3.14. The molecular weight excluding hydrogens is 388 g/mol. The molecule has 3 rings (SSSR count). The van der Waals surface area contributed by atoms with Crippen molar-refractivity contribution in [2.45, 2.75) is 6.42 Å². The molecule has 1 heterocycles. The summed E-state index contributed by atoms with van der Waals surface area (Å²) in [5.74, 6) is -1.82. The van der Waals surface area contributed by atoms with Crippen LogP contribution in [-0.4, -0.2) is 29.4 Å². The molecule has 1 atom stereocenters. The molecule has 25 heavy (non-hydrogen) atoms. The first-order valence-electron chi connectivity index (χ1n) is 7.64. The van der Waals surface area contributed by atoms with Gasteiger partial charge in [-0.15, -0.1) is 0 Å². The summed E-state index contributed by atoms with van der Waals surface area (Å²) in [4.78, 5) is 37.1. The van der Waals surface area contributed by atoms with Crippen LogP contribution in [0.25, 0.3) is 0 Å². The largest absolute Gasteiger partial charge is 0.478 e. The quantitative estimate of drug-likeness (QED) is 0.822. The van der Waals surface area contributed by atoms with Crippen LogP contribution < -0.4 is 10.2 Å². The van der Waals surface area contributed by atoms with Crippen molar-refractivity contribution in [3.8, 4) is 0 Å². The average molecular weight is 403 g/mol. The fourth-order valence-corrected chi connectivity index (χ4v) is 2.96. The first-order valence-corrected chi connectivity index (χ1v) is 8.43. The predicted molar refractivity (Wildman–Crippen MR) is 96.6 cm³/mol. The molecule has 0 bridgehead atoms. The topological polar surface area (TPSA) is 86.7 Å². The van der Waals surface area contributed by atoms with Crippen molar-refractivity contribution < 1.29 is 19.5 Å². The monoisotopic (exact) mass is 402 g/mol. The summed E-state index contributed by atoms with van der Waals surface area (Å²) in [7, 11) is 0. The molecule has 0 aliphatic carbocycles. The molecular formula is C18H15BrN2O4. The molecule has 0 saturated carbocycles. The summed E-state index contributed by atoms with van der Waals surface area (Å²) in [6.45, 7) is 0.319. The number of carboxylic acids is 1. The minimum absolute atomic E-state index is 0.0938. The summed E-state index contributed by atoms with van der Waals surface area (Å²) in [6, 6.07) is 13.3. The first-order chi connectivity index (χ1) is 11.9. The number of hydrogen-bond donors (Lipinski definition) is 2. The Balaban J connectivity index is 1.66. The number of hydrogen-bond acceptors (Lipinski definition) is 3. The van der Waals surface area contributed by atoms with Gasteiger partial charge >= 0.3 is 5.97 Å². The highest BCUT2D eigenvalue weighted by atomic mass is 79.9. The fourth-order valence-electron chi connectivity index (χ4n) is 2.69. The van der Waals surface area contributed by atoms with Crippen molar-refractivity contribution in [3.63, 3.8) is 0 Å².